The maximum atomic E-state index is 13.9. The Morgan fingerprint density at radius 1 is 1.45 bits per heavy atom. The summed E-state index contributed by atoms with van der Waals surface area (Å²) < 4.78 is 13.9. The molecule has 1 unspecified atom stereocenters. The zero-order valence-electron chi connectivity index (χ0n) is 11.2. The highest BCUT2D eigenvalue weighted by Gasteiger charge is 2.31. The maximum Gasteiger partial charge on any atom is 0.249 e. The molecule has 0 radical (unpaired) electrons. The van der Waals surface area contributed by atoms with E-state index in [0.29, 0.717) is 11.4 Å². The fraction of sp³-hybridized carbons (Fsp3) is 0.429. The van der Waals surface area contributed by atoms with Crippen LogP contribution in [-0.2, 0) is 9.59 Å². The Morgan fingerprint density at radius 3 is 2.90 bits per heavy atom. The van der Waals surface area contributed by atoms with Gasteiger partial charge in [0.05, 0.1) is 5.69 Å². The molecule has 6 heteroatoms. The minimum Gasteiger partial charge on any atom is -0.344 e. The van der Waals surface area contributed by atoms with Gasteiger partial charge in [-0.05, 0) is 24.6 Å². The third kappa shape index (κ3) is 3.10. The van der Waals surface area contributed by atoms with Gasteiger partial charge in [0.25, 0.3) is 0 Å². The summed E-state index contributed by atoms with van der Waals surface area (Å²) in [6.07, 6.45) is 1.43. The van der Waals surface area contributed by atoms with E-state index in [4.69, 9.17) is 11.6 Å². The number of nitrogens with zero attached hydrogens (tertiary/aromatic N) is 1. The van der Waals surface area contributed by atoms with E-state index in [1.807, 2.05) is 6.92 Å². The Balaban J connectivity index is 2.35. The first kappa shape index (κ1) is 14.8. The molecule has 4 nitrogen and oxygen atoms in total. The minimum absolute atomic E-state index is 0.125. The van der Waals surface area contributed by atoms with Gasteiger partial charge >= 0.3 is 0 Å². The number of amides is 2. The zero-order chi connectivity index (χ0) is 14.7. The van der Waals surface area contributed by atoms with Gasteiger partial charge in [-0.3, -0.25) is 9.59 Å². The van der Waals surface area contributed by atoms with Crippen molar-refractivity contribution >= 4 is 29.1 Å². The molecule has 0 saturated carbocycles. The van der Waals surface area contributed by atoms with Gasteiger partial charge in [-0.15, -0.1) is 0 Å². The van der Waals surface area contributed by atoms with E-state index in [2.05, 4.69) is 5.32 Å². The number of hydrogen-bond donors (Lipinski definition) is 1. The number of nitrogens with one attached hydrogen (secondary N) is 1. The first-order valence-electron chi connectivity index (χ1n) is 6.58. The summed E-state index contributed by atoms with van der Waals surface area (Å²) in [5, 5.41) is 3.03. The fourth-order valence-electron chi connectivity index (χ4n) is 2.26. The Labute approximate surface area is 121 Å². The third-order valence-corrected chi connectivity index (χ3v) is 3.47. The predicted octanol–water partition coefficient (Wildman–Crippen LogP) is 2.50. The molecular formula is C14H16ClFN2O2. The van der Waals surface area contributed by atoms with Crippen molar-refractivity contribution in [1.29, 1.82) is 0 Å². The van der Waals surface area contributed by atoms with Crippen molar-refractivity contribution in [1.82, 2.24) is 5.32 Å². The smallest absolute Gasteiger partial charge is 0.249 e. The number of anilines is 1. The first-order valence-corrected chi connectivity index (χ1v) is 6.96. The number of carbonyl (C=O) groups is 2. The molecule has 1 aromatic rings. The van der Waals surface area contributed by atoms with Crippen molar-refractivity contribution in [3.63, 3.8) is 0 Å². The number of hydrogen-bond acceptors (Lipinski definition) is 2. The van der Waals surface area contributed by atoms with Crippen molar-refractivity contribution < 1.29 is 14.0 Å². The largest absolute Gasteiger partial charge is 0.344 e. The van der Waals surface area contributed by atoms with Crippen molar-refractivity contribution in [2.75, 3.05) is 11.4 Å². The lowest BCUT2D eigenvalue weighted by molar-refractivity contribution is -0.125. The highest BCUT2D eigenvalue weighted by Crippen LogP contribution is 2.26. The lowest BCUT2D eigenvalue weighted by Gasteiger charge is -2.24. The molecule has 2 rings (SSSR count). The standard InChI is InChI=1S/C14H16ClFN2O2/c1-2-3-11-14(20)18(7-6-13(19)17-11)12-8-9(15)4-5-10(12)16/h4-5,8,11H,2-3,6-7H2,1H3,(H,17,19). The van der Waals surface area contributed by atoms with E-state index in [1.165, 1.54) is 23.1 Å². The highest BCUT2D eigenvalue weighted by atomic mass is 35.5. The summed E-state index contributed by atoms with van der Waals surface area (Å²) in [6.45, 7) is 2.08. The molecule has 0 aliphatic carbocycles. The van der Waals surface area contributed by atoms with E-state index in [9.17, 15) is 14.0 Å². The summed E-state index contributed by atoms with van der Waals surface area (Å²) >= 11 is 5.86. The van der Waals surface area contributed by atoms with E-state index >= 15 is 0 Å². The van der Waals surface area contributed by atoms with Crippen LogP contribution in [-0.4, -0.2) is 24.4 Å². The number of halogens is 2. The number of benzene rings is 1. The van der Waals surface area contributed by atoms with Gasteiger partial charge in [0, 0.05) is 18.0 Å². The molecule has 1 aliphatic heterocycles. The molecule has 1 saturated heterocycles. The van der Waals surface area contributed by atoms with E-state index in [-0.39, 0.29) is 30.5 Å². The van der Waals surface area contributed by atoms with Crippen LogP contribution in [0.5, 0.6) is 0 Å². The highest BCUT2D eigenvalue weighted by molar-refractivity contribution is 6.31. The maximum absolute atomic E-state index is 13.9. The van der Waals surface area contributed by atoms with Gasteiger partial charge in [0.1, 0.15) is 11.9 Å². The molecule has 20 heavy (non-hydrogen) atoms. The van der Waals surface area contributed by atoms with E-state index in [0.717, 1.165) is 6.42 Å². The number of carbonyl (C=O) groups excluding carboxylic acids is 2. The van der Waals surface area contributed by atoms with Crippen LogP contribution in [0, 0.1) is 5.82 Å². The van der Waals surface area contributed by atoms with Crippen LogP contribution in [0.1, 0.15) is 26.2 Å². The summed E-state index contributed by atoms with van der Waals surface area (Å²) in [6, 6.07) is 3.46. The van der Waals surface area contributed by atoms with Crippen LogP contribution in [0.25, 0.3) is 0 Å². The first-order chi connectivity index (χ1) is 9.52. The number of rotatable bonds is 3. The van der Waals surface area contributed by atoms with Crippen LogP contribution in [0.15, 0.2) is 18.2 Å². The van der Waals surface area contributed by atoms with Crippen molar-refractivity contribution in [2.24, 2.45) is 0 Å². The molecule has 1 N–H and O–H groups in total. The topological polar surface area (TPSA) is 49.4 Å². The van der Waals surface area contributed by atoms with Gasteiger partial charge in [-0.25, -0.2) is 4.39 Å². The van der Waals surface area contributed by atoms with Crippen molar-refractivity contribution in [3.05, 3.63) is 29.0 Å². The summed E-state index contributed by atoms with van der Waals surface area (Å²) in [5.74, 6) is -1.01. The summed E-state index contributed by atoms with van der Waals surface area (Å²) in [4.78, 5) is 25.4. The molecule has 2 amide bonds. The van der Waals surface area contributed by atoms with Crippen molar-refractivity contribution in [2.45, 2.75) is 32.2 Å². The Kier molecular flexibility index (Phi) is 4.60. The van der Waals surface area contributed by atoms with Gasteiger partial charge in [-0.2, -0.15) is 0 Å². The van der Waals surface area contributed by atoms with Crippen LogP contribution >= 0.6 is 11.6 Å². The summed E-state index contributed by atoms with van der Waals surface area (Å²) in [7, 11) is 0. The molecule has 1 aliphatic rings. The minimum atomic E-state index is -0.603. The molecule has 1 atom stereocenters. The molecule has 0 aromatic heterocycles. The second-order valence-corrected chi connectivity index (χ2v) is 5.18. The molecule has 1 heterocycles. The Bertz CT molecular complexity index is 536. The summed E-state index contributed by atoms with van der Waals surface area (Å²) in [5.41, 5.74) is 0.125. The molecule has 1 fully saturated rings. The lowest BCUT2D eigenvalue weighted by atomic mass is 10.1. The van der Waals surface area contributed by atoms with Gasteiger partial charge < -0.3 is 10.2 Å². The van der Waals surface area contributed by atoms with Crippen LogP contribution in [0.3, 0.4) is 0 Å². The Hall–Kier alpha value is -1.62. The SMILES string of the molecule is CCCC1NC(=O)CCN(c2cc(Cl)ccc2F)C1=O. The molecular weight excluding hydrogens is 283 g/mol. The zero-order valence-corrected chi connectivity index (χ0v) is 11.9. The molecule has 108 valence electrons. The Morgan fingerprint density at radius 2 is 2.20 bits per heavy atom. The predicted molar refractivity (Wildman–Crippen MR) is 75.2 cm³/mol. The van der Waals surface area contributed by atoms with E-state index in [1.54, 1.807) is 0 Å². The quantitative estimate of drug-likeness (QED) is 0.932. The van der Waals surface area contributed by atoms with Crippen LogP contribution < -0.4 is 10.2 Å². The molecule has 1 aromatic carbocycles. The lowest BCUT2D eigenvalue weighted by Crippen LogP contribution is -2.45. The molecule has 0 bridgehead atoms. The van der Waals surface area contributed by atoms with Crippen molar-refractivity contribution in [3.8, 4) is 0 Å². The van der Waals surface area contributed by atoms with Gasteiger partial charge in [0.15, 0.2) is 0 Å². The van der Waals surface area contributed by atoms with E-state index < -0.39 is 11.9 Å². The van der Waals surface area contributed by atoms with Gasteiger partial charge in [0.2, 0.25) is 11.8 Å². The second-order valence-electron chi connectivity index (χ2n) is 4.74. The third-order valence-electron chi connectivity index (χ3n) is 3.24. The normalized spacial score (nSPS) is 19.8. The fourth-order valence-corrected chi connectivity index (χ4v) is 2.42. The average Bonchev–Trinajstić information content (AvgIpc) is 2.54. The monoisotopic (exact) mass is 298 g/mol. The van der Waals surface area contributed by atoms with Crippen LogP contribution in [0.4, 0.5) is 10.1 Å². The van der Waals surface area contributed by atoms with Gasteiger partial charge in [-0.1, -0.05) is 24.9 Å². The average molecular weight is 299 g/mol. The second kappa shape index (κ2) is 6.22. The van der Waals surface area contributed by atoms with Crippen LogP contribution in [0.2, 0.25) is 5.02 Å². The molecule has 0 spiro atoms.